The van der Waals surface area contributed by atoms with Gasteiger partial charge in [-0.15, -0.1) is 6.58 Å². The van der Waals surface area contributed by atoms with E-state index in [-0.39, 0.29) is 12.1 Å². The molecular weight excluding hydrogens is 166 g/mol. The molecule has 0 amide bonds. The van der Waals surface area contributed by atoms with Crippen LogP contribution in [0.2, 0.25) is 0 Å². The summed E-state index contributed by atoms with van der Waals surface area (Å²) in [5.74, 6) is -0.779. The van der Waals surface area contributed by atoms with Crippen molar-refractivity contribution in [3.8, 4) is 0 Å². The Morgan fingerprint density at radius 2 is 2.08 bits per heavy atom. The van der Waals surface area contributed by atoms with Crippen LogP contribution in [0.5, 0.6) is 0 Å². The highest BCUT2D eigenvalue weighted by molar-refractivity contribution is 5.69. The summed E-state index contributed by atoms with van der Waals surface area (Å²) in [4.78, 5) is 12.5. The Morgan fingerprint density at radius 1 is 1.54 bits per heavy atom. The maximum Gasteiger partial charge on any atom is 0.317 e. The molecule has 1 N–H and O–H groups in total. The zero-order valence-corrected chi connectivity index (χ0v) is 8.71. The molecule has 0 aliphatic carbocycles. The molecule has 0 aromatic carbocycles. The van der Waals surface area contributed by atoms with Crippen LogP contribution in [-0.2, 0) is 4.79 Å². The van der Waals surface area contributed by atoms with Gasteiger partial charge in [0, 0.05) is 12.1 Å². The molecule has 0 rings (SSSR count). The molecule has 0 heterocycles. The molecule has 0 aliphatic heterocycles. The normalized spacial score (nSPS) is 11.7. The topological polar surface area (TPSA) is 40.5 Å². The summed E-state index contributed by atoms with van der Waals surface area (Å²) in [5, 5.41) is 8.68. The largest absolute Gasteiger partial charge is 0.480 e. The molecular formula is C10H19NO2. The van der Waals surface area contributed by atoms with Crippen molar-refractivity contribution in [2.24, 2.45) is 0 Å². The van der Waals surface area contributed by atoms with Crippen LogP contribution in [0.3, 0.4) is 0 Å². The van der Waals surface area contributed by atoms with Crippen molar-refractivity contribution >= 4 is 5.97 Å². The first-order chi connectivity index (χ1) is 5.88. The highest BCUT2D eigenvalue weighted by Gasteiger charge is 2.22. The third-order valence-electron chi connectivity index (χ3n) is 1.88. The fourth-order valence-electron chi connectivity index (χ4n) is 1.06. The van der Waals surface area contributed by atoms with Crippen molar-refractivity contribution in [2.75, 3.05) is 13.1 Å². The Hall–Kier alpha value is -0.830. The Labute approximate surface area is 80.0 Å². The van der Waals surface area contributed by atoms with Gasteiger partial charge in [-0.05, 0) is 27.2 Å². The maximum atomic E-state index is 10.6. The first kappa shape index (κ1) is 12.2. The minimum atomic E-state index is -0.779. The summed E-state index contributed by atoms with van der Waals surface area (Å²) in [6, 6.07) is 0. The van der Waals surface area contributed by atoms with Gasteiger partial charge in [0.1, 0.15) is 0 Å². The average Bonchev–Trinajstić information content (AvgIpc) is 1.95. The van der Waals surface area contributed by atoms with Gasteiger partial charge < -0.3 is 5.11 Å². The number of carboxylic acid groups (broad SMARTS) is 1. The van der Waals surface area contributed by atoms with Gasteiger partial charge >= 0.3 is 5.97 Å². The molecule has 0 spiro atoms. The summed E-state index contributed by atoms with van der Waals surface area (Å²) in [6.45, 7) is 10.5. The van der Waals surface area contributed by atoms with Crippen molar-refractivity contribution in [1.82, 2.24) is 4.90 Å². The van der Waals surface area contributed by atoms with E-state index in [1.807, 2.05) is 25.7 Å². The number of nitrogens with zero attached hydrogens (tertiary/aromatic N) is 1. The van der Waals surface area contributed by atoms with Gasteiger partial charge in [-0.2, -0.15) is 0 Å². The van der Waals surface area contributed by atoms with Crippen LogP contribution >= 0.6 is 0 Å². The van der Waals surface area contributed by atoms with E-state index >= 15 is 0 Å². The SMILES string of the molecule is C=CCCN(CC(=O)O)C(C)(C)C. The second-order valence-electron chi connectivity index (χ2n) is 4.06. The second kappa shape index (κ2) is 5.02. The van der Waals surface area contributed by atoms with Crippen LogP contribution in [0.1, 0.15) is 27.2 Å². The average molecular weight is 185 g/mol. The van der Waals surface area contributed by atoms with Crippen molar-refractivity contribution in [2.45, 2.75) is 32.7 Å². The standard InChI is InChI=1S/C10H19NO2/c1-5-6-7-11(8-9(12)13)10(2,3)4/h5H,1,6-8H2,2-4H3,(H,12,13). The molecule has 0 aliphatic rings. The first-order valence-corrected chi connectivity index (χ1v) is 4.45. The fraction of sp³-hybridized carbons (Fsp3) is 0.700. The van der Waals surface area contributed by atoms with Crippen LogP contribution in [0.25, 0.3) is 0 Å². The van der Waals surface area contributed by atoms with E-state index in [9.17, 15) is 4.79 Å². The fourth-order valence-corrected chi connectivity index (χ4v) is 1.06. The zero-order valence-electron chi connectivity index (χ0n) is 8.71. The van der Waals surface area contributed by atoms with Gasteiger partial charge in [-0.1, -0.05) is 6.08 Å². The van der Waals surface area contributed by atoms with Crippen molar-refractivity contribution in [3.63, 3.8) is 0 Å². The van der Waals surface area contributed by atoms with Crippen LogP contribution < -0.4 is 0 Å². The Balaban J connectivity index is 4.19. The predicted octanol–water partition coefficient (Wildman–Crippen LogP) is 1.75. The van der Waals surface area contributed by atoms with Crippen molar-refractivity contribution < 1.29 is 9.90 Å². The van der Waals surface area contributed by atoms with Gasteiger partial charge in [-0.25, -0.2) is 0 Å². The molecule has 13 heavy (non-hydrogen) atoms. The van der Waals surface area contributed by atoms with E-state index in [0.29, 0.717) is 0 Å². The first-order valence-electron chi connectivity index (χ1n) is 4.45. The number of carboxylic acids is 1. The van der Waals surface area contributed by atoms with E-state index in [1.165, 1.54) is 0 Å². The third-order valence-corrected chi connectivity index (χ3v) is 1.88. The molecule has 0 atom stereocenters. The third kappa shape index (κ3) is 5.42. The van der Waals surface area contributed by atoms with Gasteiger partial charge in [0.25, 0.3) is 0 Å². The molecule has 3 heteroatoms. The second-order valence-corrected chi connectivity index (χ2v) is 4.06. The lowest BCUT2D eigenvalue weighted by molar-refractivity contribution is -0.139. The number of hydrogen-bond acceptors (Lipinski definition) is 2. The van der Waals surface area contributed by atoms with Crippen LogP contribution in [0, 0.1) is 0 Å². The number of rotatable bonds is 5. The molecule has 0 fully saturated rings. The molecule has 0 radical (unpaired) electrons. The minimum absolute atomic E-state index is 0.0946. The summed E-state index contributed by atoms with van der Waals surface area (Å²) in [7, 11) is 0. The lowest BCUT2D eigenvalue weighted by Gasteiger charge is -2.33. The van der Waals surface area contributed by atoms with Gasteiger partial charge in [0.15, 0.2) is 0 Å². The van der Waals surface area contributed by atoms with Crippen molar-refractivity contribution in [1.29, 1.82) is 0 Å². The highest BCUT2D eigenvalue weighted by atomic mass is 16.4. The number of aliphatic carboxylic acids is 1. The van der Waals surface area contributed by atoms with Gasteiger partial charge in [0.05, 0.1) is 6.54 Å². The minimum Gasteiger partial charge on any atom is -0.480 e. The lowest BCUT2D eigenvalue weighted by atomic mass is 10.1. The van der Waals surface area contributed by atoms with Gasteiger partial charge in [0.2, 0.25) is 0 Å². The quantitative estimate of drug-likeness (QED) is 0.663. The molecule has 0 saturated carbocycles. The van der Waals surface area contributed by atoms with Crippen LogP contribution in [0.4, 0.5) is 0 Å². The zero-order chi connectivity index (χ0) is 10.5. The summed E-state index contributed by atoms with van der Waals surface area (Å²) in [6.07, 6.45) is 2.63. The Bertz CT molecular complexity index is 182. The van der Waals surface area contributed by atoms with Crippen LogP contribution in [0.15, 0.2) is 12.7 Å². The summed E-state index contributed by atoms with van der Waals surface area (Å²) < 4.78 is 0. The molecule has 3 nitrogen and oxygen atoms in total. The van der Waals surface area contributed by atoms with Crippen molar-refractivity contribution in [3.05, 3.63) is 12.7 Å². The number of hydrogen-bond donors (Lipinski definition) is 1. The number of carbonyl (C=O) groups is 1. The Morgan fingerprint density at radius 3 is 2.38 bits per heavy atom. The molecule has 0 unspecified atom stereocenters. The predicted molar refractivity (Wildman–Crippen MR) is 53.8 cm³/mol. The maximum absolute atomic E-state index is 10.6. The van der Waals surface area contributed by atoms with E-state index in [4.69, 9.17) is 5.11 Å². The Kier molecular flexibility index (Phi) is 4.70. The van der Waals surface area contributed by atoms with E-state index < -0.39 is 5.97 Å². The smallest absolute Gasteiger partial charge is 0.317 e. The summed E-state index contributed by atoms with van der Waals surface area (Å²) >= 11 is 0. The molecule has 76 valence electrons. The van der Waals surface area contributed by atoms with Gasteiger partial charge in [-0.3, -0.25) is 9.69 Å². The van der Waals surface area contributed by atoms with E-state index in [2.05, 4.69) is 6.58 Å². The molecule has 0 aromatic rings. The van der Waals surface area contributed by atoms with Crippen LogP contribution in [-0.4, -0.2) is 34.6 Å². The summed E-state index contributed by atoms with van der Waals surface area (Å²) in [5.41, 5.74) is -0.0958. The monoisotopic (exact) mass is 185 g/mol. The highest BCUT2D eigenvalue weighted by Crippen LogP contribution is 2.12. The molecule has 0 saturated heterocycles. The molecule has 0 bridgehead atoms. The van der Waals surface area contributed by atoms with E-state index in [1.54, 1.807) is 6.08 Å². The molecule has 0 aromatic heterocycles. The lowest BCUT2D eigenvalue weighted by Crippen LogP contribution is -2.44. The van der Waals surface area contributed by atoms with E-state index in [0.717, 1.165) is 13.0 Å².